The molecule has 0 saturated heterocycles. The standard InChI is InChI=1S/C12H15FO3/c1-8-4-5-10(6-11(8)13)12(14)16-9(2)7-15-3/h4-6,9H,7H2,1-3H3/t9-/m0/s1. The van der Waals surface area contributed by atoms with E-state index in [9.17, 15) is 9.18 Å². The molecule has 0 heterocycles. The van der Waals surface area contributed by atoms with Crippen LogP contribution in [0.25, 0.3) is 0 Å². The van der Waals surface area contributed by atoms with E-state index < -0.39 is 11.8 Å². The first-order valence-corrected chi connectivity index (χ1v) is 5.00. The van der Waals surface area contributed by atoms with Gasteiger partial charge in [0.2, 0.25) is 0 Å². The molecule has 3 nitrogen and oxygen atoms in total. The number of hydrogen-bond donors (Lipinski definition) is 0. The van der Waals surface area contributed by atoms with Crippen LogP contribution in [-0.2, 0) is 9.47 Å². The molecule has 88 valence electrons. The van der Waals surface area contributed by atoms with Gasteiger partial charge in [0.05, 0.1) is 12.2 Å². The maximum Gasteiger partial charge on any atom is 0.338 e. The van der Waals surface area contributed by atoms with E-state index in [1.54, 1.807) is 26.0 Å². The lowest BCUT2D eigenvalue weighted by Crippen LogP contribution is -2.19. The number of rotatable bonds is 4. The summed E-state index contributed by atoms with van der Waals surface area (Å²) in [6.07, 6.45) is -0.345. The van der Waals surface area contributed by atoms with Crippen LogP contribution in [0.15, 0.2) is 18.2 Å². The van der Waals surface area contributed by atoms with Gasteiger partial charge < -0.3 is 9.47 Å². The van der Waals surface area contributed by atoms with E-state index in [2.05, 4.69) is 0 Å². The fraction of sp³-hybridized carbons (Fsp3) is 0.417. The molecule has 0 radical (unpaired) electrons. The number of aryl methyl sites for hydroxylation is 1. The summed E-state index contributed by atoms with van der Waals surface area (Å²) in [6, 6.07) is 4.27. The predicted molar refractivity (Wildman–Crippen MR) is 57.9 cm³/mol. The van der Waals surface area contributed by atoms with Crippen LogP contribution in [-0.4, -0.2) is 25.8 Å². The van der Waals surface area contributed by atoms with Crippen molar-refractivity contribution in [3.05, 3.63) is 35.1 Å². The van der Waals surface area contributed by atoms with Crippen molar-refractivity contribution in [2.45, 2.75) is 20.0 Å². The van der Waals surface area contributed by atoms with Crippen molar-refractivity contribution in [1.82, 2.24) is 0 Å². The Hall–Kier alpha value is -1.42. The molecule has 0 N–H and O–H groups in total. The number of halogens is 1. The summed E-state index contributed by atoms with van der Waals surface area (Å²) in [7, 11) is 1.52. The minimum Gasteiger partial charge on any atom is -0.457 e. The second kappa shape index (κ2) is 5.61. The van der Waals surface area contributed by atoms with Crippen LogP contribution < -0.4 is 0 Å². The van der Waals surface area contributed by atoms with E-state index in [4.69, 9.17) is 9.47 Å². The van der Waals surface area contributed by atoms with Crippen LogP contribution in [0.5, 0.6) is 0 Å². The minimum atomic E-state index is -0.538. The van der Waals surface area contributed by atoms with Gasteiger partial charge in [-0.15, -0.1) is 0 Å². The van der Waals surface area contributed by atoms with E-state index in [1.165, 1.54) is 13.2 Å². The summed E-state index contributed by atoms with van der Waals surface area (Å²) >= 11 is 0. The van der Waals surface area contributed by atoms with Gasteiger partial charge in [-0.2, -0.15) is 0 Å². The molecule has 1 rings (SSSR count). The molecule has 1 aromatic rings. The van der Waals surface area contributed by atoms with Gasteiger partial charge in [0.25, 0.3) is 0 Å². The van der Waals surface area contributed by atoms with Crippen molar-refractivity contribution in [3.8, 4) is 0 Å². The van der Waals surface area contributed by atoms with Gasteiger partial charge in [-0.05, 0) is 31.5 Å². The zero-order chi connectivity index (χ0) is 12.1. The van der Waals surface area contributed by atoms with Crippen molar-refractivity contribution in [2.24, 2.45) is 0 Å². The third-order valence-corrected chi connectivity index (χ3v) is 2.12. The number of benzene rings is 1. The van der Waals surface area contributed by atoms with Crippen molar-refractivity contribution < 1.29 is 18.7 Å². The minimum absolute atomic E-state index is 0.214. The zero-order valence-corrected chi connectivity index (χ0v) is 9.62. The van der Waals surface area contributed by atoms with Crippen LogP contribution in [0.2, 0.25) is 0 Å². The first-order valence-electron chi connectivity index (χ1n) is 5.00. The monoisotopic (exact) mass is 226 g/mol. The summed E-state index contributed by atoms with van der Waals surface area (Å²) in [5.41, 5.74) is 0.715. The van der Waals surface area contributed by atoms with Crippen molar-refractivity contribution in [1.29, 1.82) is 0 Å². The average molecular weight is 226 g/mol. The van der Waals surface area contributed by atoms with Gasteiger partial charge in [0.1, 0.15) is 11.9 Å². The normalized spacial score (nSPS) is 12.2. The number of ether oxygens (including phenoxy) is 2. The van der Waals surface area contributed by atoms with Gasteiger partial charge in [0.15, 0.2) is 0 Å². The van der Waals surface area contributed by atoms with Gasteiger partial charge in [-0.3, -0.25) is 0 Å². The summed E-state index contributed by atoms with van der Waals surface area (Å²) in [6.45, 7) is 3.67. The molecule has 0 spiro atoms. The highest BCUT2D eigenvalue weighted by atomic mass is 19.1. The molecule has 1 aromatic carbocycles. The highest BCUT2D eigenvalue weighted by Crippen LogP contribution is 2.11. The Labute approximate surface area is 94.2 Å². The SMILES string of the molecule is COC[C@H](C)OC(=O)c1ccc(C)c(F)c1. The Bertz CT molecular complexity index is 377. The Balaban J connectivity index is 2.69. The average Bonchev–Trinajstić information content (AvgIpc) is 2.22. The van der Waals surface area contributed by atoms with E-state index in [0.717, 1.165) is 0 Å². The molecule has 0 bridgehead atoms. The van der Waals surface area contributed by atoms with Gasteiger partial charge in [-0.1, -0.05) is 6.07 Å². The van der Waals surface area contributed by atoms with E-state index in [1.807, 2.05) is 0 Å². The lowest BCUT2D eigenvalue weighted by molar-refractivity contribution is 0.0120. The first-order chi connectivity index (χ1) is 7.54. The topological polar surface area (TPSA) is 35.5 Å². The molecule has 0 amide bonds. The van der Waals surface area contributed by atoms with E-state index in [-0.39, 0.29) is 11.7 Å². The Morgan fingerprint density at radius 3 is 2.75 bits per heavy atom. The zero-order valence-electron chi connectivity index (χ0n) is 9.62. The molecular formula is C12H15FO3. The Morgan fingerprint density at radius 1 is 1.50 bits per heavy atom. The summed E-state index contributed by atoms with van der Waals surface area (Å²) in [5, 5.41) is 0. The lowest BCUT2D eigenvalue weighted by atomic mass is 10.1. The number of carbonyl (C=O) groups is 1. The molecular weight excluding hydrogens is 211 g/mol. The van der Waals surface area contributed by atoms with Crippen LogP contribution in [0.4, 0.5) is 4.39 Å². The second-order valence-corrected chi connectivity index (χ2v) is 3.64. The third-order valence-electron chi connectivity index (χ3n) is 2.12. The Morgan fingerprint density at radius 2 is 2.19 bits per heavy atom. The van der Waals surface area contributed by atoms with Crippen molar-refractivity contribution in [3.63, 3.8) is 0 Å². The predicted octanol–water partition coefficient (Wildman–Crippen LogP) is 2.33. The van der Waals surface area contributed by atoms with Crippen LogP contribution in [0, 0.1) is 12.7 Å². The van der Waals surface area contributed by atoms with Crippen molar-refractivity contribution >= 4 is 5.97 Å². The van der Waals surface area contributed by atoms with Crippen LogP contribution in [0.3, 0.4) is 0 Å². The molecule has 0 aliphatic carbocycles. The molecule has 1 atom stereocenters. The number of carbonyl (C=O) groups excluding carboxylic acids is 1. The maximum absolute atomic E-state index is 13.2. The number of methoxy groups -OCH3 is 1. The number of esters is 1. The quantitative estimate of drug-likeness (QED) is 0.739. The summed E-state index contributed by atoms with van der Waals surface area (Å²) < 4.78 is 23.1. The maximum atomic E-state index is 13.2. The molecule has 0 aliphatic rings. The largest absolute Gasteiger partial charge is 0.457 e. The molecule has 0 fully saturated rings. The molecule has 0 unspecified atom stereocenters. The Kier molecular flexibility index (Phi) is 4.43. The number of hydrogen-bond acceptors (Lipinski definition) is 3. The highest BCUT2D eigenvalue weighted by molar-refractivity contribution is 5.89. The van der Waals surface area contributed by atoms with Crippen molar-refractivity contribution in [2.75, 3.05) is 13.7 Å². The van der Waals surface area contributed by atoms with Gasteiger partial charge in [0, 0.05) is 7.11 Å². The fourth-order valence-corrected chi connectivity index (χ4v) is 1.24. The van der Waals surface area contributed by atoms with Gasteiger partial charge in [-0.25, -0.2) is 9.18 Å². The van der Waals surface area contributed by atoms with Crippen LogP contribution >= 0.6 is 0 Å². The van der Waals surface area contributed by atoms with Crippen LogP contribution in [0.1, 0.15) is 22.8 Å². The van der Waals surface area contributed by atoms with E-state index >= 15 is 0 Å². The molecule has 0 aliphatic heterocycles. The molecule has 0 aromatic heterocycles. The summed E-state index contributed by atoms with van der Waals surface area (Å²) in [5.74, 6) is -0.947. The second-order valence-electron chi connectivity index (χ2n) is 3.64. The smallest absolute Gasteiger partial charge is 0.338 e. The molecule has 4 heteroatoms. The lowest BCUT2D eigenvalue weighted by Gasteiger charge is -2.12. The third kappa shape index (κ3) is 3.31. The first kappa shape index (κ1) is 12.6. The molecule has 16 heavy (non-hydrogen) atoms. The van der Waals surface area contributed by atoms with E-state index in [0.29, 0.717) is 12.2 Å². The summed E-state index contributed by atoms with van der Waals surface area (Å²) in [4.78, 5) is 11.5. The highest BCUT2D eigenvalue weighted by Gasteiger charge is 2.13. The molecule has 0 saturated carbocycles. The fourth-order valence-electron chi connectivity index (χ4n) is 1.24. The van der Waals surface area contributed by atoms with Gasteiger partial charge >= 0.3 is 5.97 Å².